The number of ether oxygens (including phenoxy) is 2. The lowest BCUT2D eigenvalue weighted by Gasteiger charge is -2.23. The van der Waals surface area contributed by atoms with Gasteiger partial charge in [0.1, 0.15) is 11.5 Å². The van der Waals surface area contributed by atoms with Crippen molar-refractivity contribution in [1.82, 2.24) is 0 Å². The van der Waals surface area contributed by atoms with Crippen molar-refractivity contribution in [3.8, 4) is 11.5 Å². The number of rotatable bonds is 10. The minimum atomic E-state index is -0.494. The Balaban J connectivity index is 2.07. The van der Waals surface area contributed by atoms with Gasteiger partial charge in [-0.3, -0.25) is 14.4 Å². The van der Waals surface area contributed by atoms with Gasteiger partial charge < -0.3 is 14.8 Å². The van der Waals surface area contributed by atoms with E-state index in [0.717, 1.165) is 0 Å². The molecule has 12 nitrogen and oxygen atoms in total. The van der Waals surface area contributed by atoms with Gasteiger partial charge in [-0.25, -0.2) is 0 Å². The molecule has 1 aliphatic carbocycles. The first kappa shape index (κ1) is 23.1. The quantitative estimate of drug-likeness (QED) is 0.210. The SMILES string of the molecule is CCC(=O)Nc1cc(OCCN=[N+]=[N-])c2c(c1)C(=O)c1cccc(OCCN=[N+]=[N-])c1C2=O. The number of anilines is 1. The number of carbonyl (C=O) groups is 3. The maximum Gasteiger partial charge on any atom is 0.224 e. The highest BCUT2D eigenvalue weighted by Crippen LogP contribution is 2.39. The fraction of sp³-hybridized carbons (Fsp3) is 0.286. The zero-order chi connectivity index (χ0) is 23.8. The summed E-state index contributed by atoms with van der Waals surface area (Å²) in [5.41, 5.74) is 17.5. The second-order valence-electron chi connectivity index (χ2n) is 6.74. The molecule has 0 unspecified atom stereocenters. The number of fused-ring (bicyclic) bond motifs is 2. The van der Waals surface area contributed by atoms with Crippen molar-refractivity contribution >= 4 is 23.2 Å². The molecule has 168 valence electrons. The van der Waals surface area contributed by atoms with Crippen LogP contribution < -0.4 is 14.8 Å². The molecule has 1 aliphatic rings. The van der Waals surface area contributed by atoms with Crippen molar-refractivity contribution in [2.75, 3.05) is 31.6 Å². The zero-order valence-electron chi connectivity index (χ0n) is 17.6. The lowest BCUT2D eigenvalue weighted by atomic mass is 9.82. The van der Waals surface area contributed by atoms with Gasteiger partial charge in [0.2, 0.25) is 11.7 Å². The Kier molecular flexibility index (Phi) is 7.48. The van der Waals surface area contributed by atoms with Crippen LogP contribution >= 0.6 is 0 Å². The van der Waals surface area contributed by atoms with E-state index in [-0.39, 0.29) is 72.4 Å². The summed E-state index contributed by atoms with van der Waals surface area (Å²) >= 11 is 0. The number of hydrogen-bond acceptors (Lipinski definition) is 7. The molecule has 0 aromatic heterocycles. The van der Waals surface area contributed by atoms with Crippen LogP contribution in [0, 0.1) is 0 Å². The van der Waals surface area contributed by atoms with E-state index in [1.807, 2.05) is 0 Å². The van der Waals surface area contributed by atoms with Crippen molar-refractivity contribution < 1.29 is 23.9 Å². The van der Waals surface area contributed by atoms with Crippen LogP contribution in [0.5, 0.6) is 11.5 Å². The second kappa shape index (κ2) is 10.7. The fourth-order valence-electron chi connectivity index (χ4n) is 3.29. The molecule has 0 atom stereocenters. The van der Waals surface area contributed by atoms with Crippen LogP contribution in [-0.4, -0.2) is 43.8 Å². The molecule has 0 saturated heterocycles. The molecule has 33 heavy (non-hydrogen) atoms. The number of azide groups is 2. The molecule has 0 spiro atoms. The number of hydrogen-bond donors (Lipinski definition) is 1. The lowest BCUT2D eigenvalue weighted by molar-refractivity contribution is -0.115. The Morgan fingerprint density at radius 1 is 0.939 bits per heavy atom. The van der Waals surface area contributed by atoms with E-state index in [2.05, 4.69) is 25.4 Å². The predicted octanol–water partition coefficient (Wildman–Crippen LogP) is 4.19. The van der Waals surface area contributed by atoms with E-state index in [1.165, 1.54) is 18.2 Å². The summed E-state index contributed by atoms with van der Waals surface area (Å²) in [5.74, 6) is -0.965. The molecule has 0 aliphatic heterocycles. The van der Waals surface area contributed by atoms with Crippen LogP contribution in [-0.2, 0) is 4.79 Å². The summed E-state index contributed by atoms with van der Waals surface area (Å²) in [6.07, 6.45) is 0.219. The molecular weight excluding hydrogens is 430 g/mol. The van der Waals surface area contributed by atoms with Crippen molar-refractivity contribution in [3.05, 3.63) is 73.5 Å². The number of carbonyl (C=O) groups excluding carboxylic acids is 3. The van der Waals surface area contributed by atoms with Gasteiger partial charge in [-0.15, -0.1) is 0 Å². The molecule has 2 aromatic carbocycles. The molecule has 3 rings (SSSR count). The third-order valence-corrected chi connectivity index (χ3v) is 4.70. The average molecular weight is 449 g/mol. The number of nitrogens with one attached hydrogen (secondary N) is 1. The maximum atomic E-state index is 13.5. The normalized spacial score (nSPS) is 11.4. The highest BCUT2D eigenvalue weighted by atomic mass is 16.5. The highest BCUT2D eigenvalue weighted by Gasteiger charge is 2.35. The van der Waals surface area contributed by atoms with E-state index in [4.69, 9.17) is 20.5 Å². The number of ketones is 2. The third kappa shape index (κ3) is 5.04. The Morgan fingerprint density at radius 3 is 2.21 bits per heavy atom. The summed E-state index contributed by atoms with van der Waals surface area (Å²) in [5, 5.41) is 9.45. The van der Waals surface area contributed by atoms with E-state index in [0.29, 0.717) is 5.69 Å². The van der Waals surface area contributed by atoms with Crippen molar-refractivity contribution in [2.24, 2.45) is 10.2 Å². The molecule has 0 bridgehead atoms. The Hall–Kier alpha value is -4.53. The molecule has 2 aromatic rings. The monoisotopic (exact) mass is 449 g/mol. The summed E-state index contributed by atoms with van der Waals surface area (Å²) in [7, 11) is 0. The molecule has 1 N–H and O–H groups in total. The Bertz CT molecular complexity index is 1210. The van der Waals surface area contributed by atoms with Gasteiger partial charge in [-0.2, -0.15) is 0 Å². The van der Waals surface area contributed by atoms with Gasteiger partial charge >= 0.3 is 0 Å². The Morgan fingerprint density at radius 2 is 1.58 bits per heavy atom. The molecule has 12 heteroatoms. The van der Waals surface area contributed by atoms with Crippen molar-refractivity contribution in [3.63, 3.8) is 0 Å². The van der Waals surface area contributed by atoms with E-state index < -0.39 is 11.6 Å². The van der Waals surface area contributed by atoms with Gasteiger partial charge in [-0.1, -0.05) is 29.3 Å². The van der Waals surface area contributed by atoms with Gasteiger partial charge in [0.15, 0.2) is 5.78 Å². The molecule has 0 radical (unpaired) electrons. The minimum Gasteiger partial charge on any atom is -0.493 e. The summed E-state index contributed by atoms with van der Waals surface area (Å²) in [6, 6.07) is 7.52. The first-order chi connectivity index (χ1) is 16.0. The zero-order valence-corrected chi connectivity index (χ0v) is 17.6. The predicted molar refractivity (Wildman–Crippen MR) is 118 cm³/mol. The van der Waals surface area contributed by atoms with Crippen LogP contribution in [0.3, 0.4) is 0 Å². The van der Waals surface area contributed by atoms with Crippen molar-refractivity contribution in [1.29, 1.82) is 0 Å². The van der Waals surface area contributed by atoms with Gasteiger partial charge in [0.05, 0.1) is 37.4 Å². The van der Waals surface area contributed by atoms with Crippen molar-refractivity contribution in [2.45, 2.75) is 13.3 Å². The summed E-state index contributed by atoms with van der Waals surface area (Å²) < 4.78 is 11.3. The number of benzene rings is 2. The number of nitrogens with zero attached hydrogens (tertiary/aromatic N) is 6. The minimum absolute atomic E-state index is 0.00329. The lowest BCUT2D eigenvalue weighted by Crippen LogP contribution is -2.24. The Labute approximate surface area is 187 Å². The summed E-state index contributed by atoms with van der Waals surface area (Å²) in [6.45, 7) is 1.71. The maximum absolute atomic E-state index is 13.5. The molecule has 1 amide bonds. The van der Waals surface area contributed by atoms with E-state index >= 15 is 0 Å². The van der Waals surface area contributed by atoms with Crippen LogP contribution in [0.2, 0.25) is 0 Å². The van der Waals surface area contributed by atoms with Gasteiger partial charge in [0.25, 0.3) is 0 Å². The van der Waals surface area contributed by atoms with Crippen LogP contribution in [0.4, 0.5) is 5.69 Å². The third-order valence-electron chi connectivity index (χ3n) is 4.70. The standard InChI is InChI=1S/C21H19N7O5/c1-2-17(29)26-12-10-14-19(16(11-12)33-9-7-25-28-23)21(31)18-13(20(14)30)4-3-5-15(18)32-8-6-24-27-22/h3-5,10-11H,2,6-9H2,1H3,(H,26,29). The first-order valence-electron chi connectivity index (χ1n) is 9.99. The molecule has 0 heterocycles. The van der Waals surface area contributed by atoms with Gasteiger partial charge in [0, 0.05) is 39.1 Å². The fourth-order valence-corrected chi connectivity index (χ4v) is 3.29. The van der Waals surface area contributed by atoms with Crippen LogP contribution in [0.1, 0.15) is 45.2 Å². The smallest absolute Gasteiger partial charge is 0.224 e. The van der Waals surface area contributed by atoms with Crippen LogP contribution in [0.25, 0.3) is 20.9 Å². The molecular formula is C21H19N7O5. The van der Waals surface area contributed by atoms with E-state index in [9.17, 15) is 14.4 Å². The molecule has 0 saturated carbocycles. The number of amides is 1. The summed E-state index contributed by atoms with van der Waals surface area (Å²) in [4.78, 5) is 44.0. The largest absolute Gasteiger partial charge is 0.493 e. The highest BCUT2D eigenvalue weighted by molar-refractivity contribution is 6.30. The average Bonchev–Trinajstić information content (AvgIpc) is 2.82. The second-order valence-corrected chi connectivity index (χ2v) is 6.74. The van der Waals surface area contributed by atoms with Gasteiger partial charge in [-0.05, 0) is 23.2 Å². The molecule has 0 fully saturated rings. The van der Waals surface area contributed by atoms with Crippen LogP contribution in [0.15, 0.2) is 40.6 Å². The topological polar surface area (TPSA) is 179 Å². The van der Waals surface area contributed by atoms with E-state index in [1.54, 1.807) is 19.1 Å². The first-order valence-corrected chi connectivity index (χ1v) is 9.99.